The van der Waals surface area contributed by atoms with Crippen molar-refractivity contribution < 1.29 is 4.79 Å². The number of hydrogen-bond acceptors (Lipinski definition) is 5. The molecule has 1 heterocycles. The van der Waals surface area contributed by atoms with E-state index in [1.807, 2.05) is 57.4 Å². The van der Waals surface area contributed by atoms with Gasteiger partial charge in [0.25, 0.3) is 5.91 Å². The van der Waals surface area contributed by atoms with Gasteiger partial charge in [0.15, 0.2) is 0 Å². The van der Waals surface area contributed by atoms with Gasteiger partial charge in [-0.2, -0.15) is 0 Å². The fourth-order valence-electron chi connectivity index (χ4n) is 3.32. The summed E-state index contributed by atoms with van der Waals surface area (Å²) in [7, 11) is 8.07. The molecule has 0 unspecified atom stereocenters. The number of hydrogen-bond donors (Lipinski definition) is 1. The second-order valence-electron chi connectivity index (χ2n) is 7.46. The number of rotatable bonds is 3. The molecule has 0 aliphatic carbocycles. The highest BCUT2D eigenvalue weighted by molar-refractivity contribution is 7.99. The zero-order valence-corrected chi connectivity index (χ0v) is 17.8. The molecule has 4 rings (SSSR count). The molecule has 1 amide bonds. The average Bonchev–Trinajstić information content (AvgIpc) is 2.71. The third kappa shape index (κ3) is 3.51. The number of fused-ring (bicyclic) bond motifs is 2. The molecule has 0 bridgehead atoms. The molecule has 3 aromatic rings. The summed E-state index contributed by atoms with van der Waals surface area (Å²) in [6, 6.07) is 19.5. The van der Waals surface area contributed by atoms with Crippen molar-refractivity contribution in [3.63, 3.8) is 0 Å². The van der Waals surface area contributed by atoms with Gasteiger partial charge < -0.3 is 15.5 Å². The molecule has 0 fully saturated rings. The molecule has 0 aromatic heterocycles. The van der Waals surface area contributed by atoms with Gasteiger partial charge in [-0.15, -0.1) is 0 Å². The maximum Gasteiger partial charge on any atom is 0.262 e. The minimum Gasteiger partial charge on any atom is -0.399 e. The highest BCUT2D eigenvalue weighted by Gasteiger charge is 2.29. The van der Waals surface area contributed by atoms with Crippen LogP contribution in [0.15, 0.2) is 70.5 Å². The first-order valence-electron chi connectivity index (χ1n) is 9.36. The van der Waals surface area contributed by atoms with Crippen LogP contribution in [0.3, 0.4) is 0 Å². The van der Waals surface area contributed by atoms with E-state index >= 15 is 0 Å². The average molecular weight is 405 g/mol. The van der Waals surface area contributed by atoms with Crippen molar-refractivity contribution in [2.75, 3.05) is 48.6 Å². The molecular weight excluding hydrogens is 380 g/mol. The summed E-state index contributed by atoms with van der Waals surface area (Å²) < 4.78 is 0. The van der Waals surface area contributed by atoms with E-state index in [-0.39, 0.29) is 5.91 Å². The van der Waals surface area contributed by atoms with Gasteiger partial charge in [-0.25, -0.2) is 0 Å². The Labute approximate surface area is 175 Å². The molecule has 5 nitrogen and oxygen atoms in total. The van der Waals surface area contributed by atoms with Crippen LogP contribution >= 0.6 is 11.8 Å². The lowest BCUT2D eigenvalue weighted by Crippen LogP contribution is -2.28. The van der Waals surface area contributed by atoms with Crippen molar-refractivity contribution in [2.45, 2.75) is 9.79 Å². The number of carbonyl (C=O) groups excluding carboxylic acids is 1. The van der Waals surface area contributed by atoms with Crippen LogP contribution in [0, 0.1) is 0 Å². The molecule has 0 saturated carbocycles. The number of amides is 1. The molecule has 0 spiro atoms. The monoisotopic (exact) mass is 404 g/mol. The predicted molar refractivity (Wildman–Crippen MR) is 123 cm³/mol. The Morgan fingerprint density at radius 1 is 0.793 bits per heavy atom. The predicted octanol–water partition coefficient (Wildman–Crippen LogP) is 4.84. The smallest absolute Gasteiger partial charge is 0.262 e. The Morgan fingerprint density at radius 3 is 1.72 bits per heavy atom. The lowest BCUT2D eigenvalue weighted by atomic mass is 10.1. The van der Waals surface area contributed by atoms with Crippen molar-refractivity contribution >= 4 is 46.1 Å². The van der Waals surface area contributed by atoms with Gasteiger partial charge in [0.2, 0.25) is 0 Å². The van der Waals surface area contributed by atoms with Crippen molar-refractivity contribution in [3.8, 4) is 0 Å². The largest absolute Gasteiger partial charge is 0.399 e. The molecule has 1 aliphatic rings. The lowest BCUT2D eigenvalue weighted by molar-refractivity contribution is 0.0998. The Balaban J connectivity index is 1.87. The fourth-order valence-corrected chi connectivity index (χ4v) is 4.44. The first-order valence-corrected chi connectivity index (χ1v) is 10.2. The van der Waals surface area contributed by atoms with Gasteiger partial charge >= 0.3 is 0 Å². The van der Waals surface area contributed by atoms with Crippen LogP contribution < -0.4 is 20.4 Å². The molecule has 0 atom stereocenters. The Bertz CT molecular complexity index is 1020. The molecule has 6 heteroatoms. The molecular formula is C23H24N4OS. The van der Waals surface area contributed by atoms with E-state index in [2.05, 4.69) is 21.9 Å². The van der Waals surface area contributed by atoms with Gasteiger partial charge in [-0.3, -0.25) is 9.69 Å². The van der Waals surface area contributed by atoms with Crippen LogP contribution in [-0.4, -0.2) is 34.1 Å². The van der Waals surface area contributed by atoms with Crippen LogP contribution in [0.4, 0.5) is 28.4 Å². The lowest BCUT2D eigenvalue weighted by Gasteiger charge is -2.32. The maximum atomic E-state index is 13.5. The topological polar surface area (TPSA) is 52.8 Å². The Morgan fingerprint density at radius 2 is 1.28 bits per heavy atom. The van der Waals surface area contributed by atoms with E-state index in [9.17, 15) is 4.79 Å². The normalized spacial score (nSPS) is 12.2. The maximum absolute atomic E-state index is 13.5. The minimum absolute atomic E-state index is 0.0667. The van der Waals surface area contributed by atoms with E-state index in [0.717, 1.165) is 32.5 Å². The van der Waals surface area contributed by atoms with Crippen molar-refractivity contribution in [1.29, 1.82) is 0 Å². The van der Waals surface area contributed by atoms with E-state index < -0.39 is 0 Å². The van der Waals surface area contributed by atoms with E-state index in [0.29, 0.717) is 11.3 Å². The third-order valence-electron chi connectivity index (χ3n) is 4.98. The number of nitrogen functional groups attached to an aromatic ring is 1. The molecule has 0 saturated heterocycles. The second-order valence-corrected chi connectivity index (χ2v) is 8.54. The summed E-state index contributed by atoms with van der Waals surface area (Å²) in [5.41, 5.74) is 11.1. The van der Waals surface area contributed by atoms with Crippen LogP contribution in [0.5, 0.6) is 0 Å². The van der Waals surface area contributed by atoms with E-state index in [4.69, 9.17) is 5.73 Å². The zero-order chi connectivity index (χ0) is 20.7. The van der Waals surface area contributed by atoms with Crippen LogP contribution in [0.25, 0.3) is 0 Å². The van der Waals surface area contributed by atoms with E-state index in [1.165, 1.54) is 0 Å². The summed E-state index contributed by atoms with van der Waals surface area (Å²) >= 11 is 1.70. The molecule has 29 heavy (non-hydrogen) atoms. The van der Waals surface area contributed by atoms with Crippen LogP contribution in [0.1, 0.15) is 10.4 Å². The molecule has 1 aliphatic heterocycles. The zero-order valence-electron chi connectivity index (χ0n) is 17.0. The highest BCUT2D eigenvalue weighted by Crippen LogP contribution is 2.50. The van der Waals surface area contributed by atoms with Gasteiger partial charge in [-0.05, 0) is 60.7 Å². The Hall–Kier alpha value is -3.12. The van der Waals surface area contributed by atoms with Gasteiger partial charge in [0.1, 0.15) is 0 Å². The number of benzene rings is 3. The summed E-state index contributed by atoms with van der Waals surface area (Å²) in [6.45, 7) is 0. The van der Waals surface area contributed by atoms with Gasteiger partial charge in [0, 0.05) is 60.6 Å². The van der Waals surface area contributed by atoms with Crippen LogP contribution in [-0.2, 0) is 0 Å². The number of carbonyl (C=O) groups is 1. The molecule has 148 valence electrons. The van der Waals surface area contributed by atoms with Crippen molar-refractivity contribution in [3.05, 3.63) is 66.2 Å². The molecule has 2 N–H and O–H groups in total. The Kier molecular flexibility index (Phi) is 4.88. The van der Waals surface area contributed by atoms with E-state index in [1.54, 1.807) is 36.0 Å². The number of nitrogens with two attached hydrogens (primary N) is 1. The first kappa shape index (κ1) is 19.2. The minimum atomic E-state index is -0.0667. The molecule has 3 aromatic carbocycles. The van der Waals surface area contributed by atoms with Crippen LogP contribution in [0.2, 0.25) is 0 Å². The number of nitrogens with zero attached hydrogens (tertiary/aromatic N) is 3. The third-order valence-corrected chi connectivity index (χ3v) is 6.08. The second kappa shape index (κ2) is 7.37. The summed E-state index contributed by atoms with van der Waals surface area (Å²) in [5, 5.41) is 0. The quantitative estimate of drug-likeness (QED) is 0.633. The summed E-state index contributed by atoms with van der Waals surface area (Å²) in [4.78, 5) is 21.6. The van der Waals surface area contributed by atoms with Crippen molar-refractivity contribution in [1.82, 2.24) is 0 Å². The number of anilines is 5. The van der Waals surface area contributed by atoms with Crippen molar-refractivity contribution in [2.24, 2.45) is 0 Å². The fraction of sp³-hybridized carbons (Fsp3) is 0.174. The highest BCUT2D eigenvalue weighted by atomic mass is 32.2. The van der Waals surface area contributed by atoms with Gasteiger partial charge in [0.05, 0.1) is 11.4 Å². The first-order chi connectivity index (χ1) is 13.8. The summed E-state index contributed by atoms with van der Waals surface area (Å²) in [5.74, 6) is -0.0667. The molecule has 0 radical (unpaired) electrons. The summed E-state index contributed by atoms with van der Waals surface area (Å²) in [6.07, 6.45) is 0. The SMILES string of the molecule is CN(C)c1ccc2c(c1)Sc1cc(N(C)C)ccc1N2C(=O)c1ccc(N)cc1. The van der Waals surface area contributed by atoms with Gasteiger partial charge in [-0.1, -0.05) is 11.8 Å². The standard InChI is InChI=1S/C23H24N4OS/c1-25(2)17-9-11-19-21(13-17)29-22-14-18(26(3)4)10-12-20(22)27(19)23(28)15-5-7-16(24)8-6-15/h5-14H,24H2,1-4H3.